The van der Waals surface area contributed by atoms with E-state index in [0.717, 1.165) is 0 Å². The monoisotopic (exact) mass is 295 g/mol. The summed E-state index contributed by atoms with van der Waals surface area (Å²) in [6.07, 6.45) is -5.22. The van der Waals surface area contributed by atoms with Crippen LogP contribution in [0.1, 0.15) is 23.5 Å². The summed E-state index contributed by atoms with van der Waals surface area (Å²) in [5, 5.41) is 8.71. The molecule has 20 heavy (non-hydrogen) atoms. The molecular formula is C15H16F3NSi. The topological polar surface area (TPSA) is 23.8 Å². The average Bonchev–Trinajstić information content (AvgIpc) is 2.32. The maximum Gasteiger partial charge on any atom is 0.390 e. The lowest BCUT2D eigenvalue weighted by Gasteiger charge is -2.15. The highest BCUT2D eigenvalue weighted by molar-refractivity contribution is 6.83. The molecule has 0 saturated carbocycles. The van der Waals surface area contributed by atoms with Crippen molar-refractivity contribution in [3.8, 4) is 17.5 Å². The Labute approximate surface area is 118 Å². The number of nitrogens with zero attached hydrogens (tertiary/aromatic N) is 1. The molecule has 0 aromatic heterocycles. The number of halogens is 3. The summed E-state index contributed by atoms with van der Waals surface area (Å²) in [6, 6.07) is 8.09. The Balaban J connectivity index is 3.09. The molecule has 1 rings (SSSR count). The van der Waals surface area contributed by atoms with Crippen molar-refractivity contribution in [2.75, 3.05) is 0 Å². The van der Waals surface area contributed by atoms with Crippen LogP contribution in [0.5, 0.6) is 0 Å². The van der Waals surface area contributed by atoms with Crippen molar-refractivity contribution in [2.24, 2.45) is 0 Å². The second-order valence-electron chi connectivity index (χ2n) is 5.63. The maximum absolute atomic E-state index is 12.6. The first-order valence-electron chi connectivity index (χ1n) is 6.20. The number of nitriles is 1. The fourth-order valence-corrected chi connectivity index (χ4v) is 2.18. The van der Waals surface area contributed by atoms with Crippen molar-refractivity contribution in [1.82, 2.24) is 0 Å². The fourth-order valence-electron chi connectivity index (χ4n) is 1.58. The van der Waals surface area contributed by atoms with Crippen molar-refractivity contribution >= 4 is 8.07 Å². The molecule has 106 valence electrons. The van der Waals surface area contributed by atoms with Crippen molar-refractivity contribution in [3.63, 3.8) is 0 Å². The van der Waals surface area contributed by atoms with Crippen LogP contribution < -0.4 is 0 Å². The molecule has 1 aromatic rings. The summed E-state index contributed by atoms with van der Waals surface area (Å²) < 4.78 is 37.9. The van der Waals surface area contributed by atoms with Gasteiger partial charge < -0.3 is 0 Å². The molecule has 0 N–H and O–H groups in total. The van der Waals surface area contributed by atoms with Gasteiger partial charge in [0.1, 0.15) is 8.07 Å². The van der Waals surface area contributed by atoms with Gasteiger partial charge in [0.25, 0.3) is 0 Å². The molecule has 1 atom stereocenters. The van der Waals surface area contributed by atoms with E-state index in [0.29, 0.717) is 11.1 Å². The molecule has 0 bridgehead atoms. The van der Waals surface area contributed by atoms with Crippen LogP contribution in [-0.4, -0.2) is 14.3 Å². The zero-order chi connectivity index (χ0) is 15.4. The summed E-state index contributed by atoms with van der Waals surface area (Å²) >= 11 is 0. The standard InChI is InChI=1S/C15H16F3NSi/c1-20(2,3)9-8-14(10-15(16,17)18)13-6-4-12(11-19)5-7-13/h4-7,14H,10H2,1-3H3/t14-/m1/s1. The van der Waals surface area contributed by atoms with E-state index in [-0.39, 0.29) is 0 Å². The Morgan fingerprint density at radius 1 is 1.15 bits per heavy atom. The molecule has 1 nitrogen and oxygen atoms in total. The van der Waals surface area contributed by atoms with Gasteiger partial charge in [-0.3, -0.25) is 0 Å². The zero-order valence-corrected chi connectivity index (χ0v) is 12.7. The highest BCUT2D eigenvalue weighted by Gasteiger charge is 2.32. The van der Waals surface area contributed by atoms with Crippen LogP contribution in [0.4, 0.5) is 13.2 Å². The molecule has 0 aliphatic rings. The molecule has 0 radical (unpaired) electrons. The summed E-state index contributed by atoms with van der Waals surface area (Å²) in [5.41, 5.74) is 3.93. The van der Waals surface area contributed by atoms with Gasteiger partial charge in [-0.05, 0) is 17.7 Å². The van der Waals surface area contributed by atoms with E-state index in [1.54, 1.807) is 12.1 Å². The lowest BCUT2D eigenvalue weighted by Crippen LogP contribution is -2.18. The van der Waals surface area contributed by atoms with E-state index in [9.17, 15) is 13.2 Å². The smallest absolute Gasteiger partial charge is 0.192 e. The predicted molar refractivity (Wildman–Crippen MR) is 75.7 cm³/mol. The summed E-state index contributed by atoms with van der Waals surface area (Å²) in [4.78, 5) is 0. The molecule has 5 heteroatoms. The van der Waals surface area contributed by atoms with Gasteiger partial charge in [0.15, 0.2) is 0 Å². The van der Waals surface area contributed by atoms with E-state index < -0.39 is 26.6 Å². The van der Waals surface area contributed by atoms with E-state index in [2.05, 4.69) is 11.5 Å². The molecule has 0 aliphatic carbocycles. The predicted octanol–water partition coefficient (Wildman–Crippen LogP) is 4.48. The van der Waals surface area contributed by atoms with Gasteiger partial charge in [-0.1, -0.05) is 31.8 Å². The average molecular weight is 295 g/mol. The second kappa shape index (κ2) is 6.15. The van der Waals surface area contributed by atoms with Gasteiger partial charge in [-0.25, -0.2) is 0 Å². The summed E-state index contributed by atoms with van der Waals surface area (Å²) in [6.45, 7) is 5.97. The van der Waals surface area contributed by atoms with Crippen molar-refractivity contribution < 1.29 is 13.2 Å². The summed E-state index contributed by atoms with van der Waals surface area (Å²) in [7, 11) is -1.73. The molecule has 0 heterocycles. The third kappa shape index (κ3) is 5.95. The highest BCUT2D eigenvalue weighted by atomic mass is 28.3. The van der Waals surface area contributed by atoms with Crippen LogP contribution in [0.25, 0.3) is 0 Å². The molecule has 1 aromatic carbocycles. The lowest BCUT2D eigenvalue weighted by atomic mass is 9.95. The number of alkyl halides is 3. The van der Waals surface area contributed by atoms with Gasteiger partial charge in [0.05, 0.1) is 24.0 Å². The van der Waals surface area contributed by atoms with Gasteiger partial charge in [0, 0.05) is 0 Å². The second-order valence-corrected chi connectivity index (χ2v) is 10.4. The Hall–Kier alpha value is -1.72. The third-order valence-corrected chi connectivity index (χ3v) is 3.39. The lowest BCUT2D eigenvalue weighted by molar-refractivity contribution is -0.136. The number of benzene rings is 1. The van der Waals surface area contributed by atoms with Crippen LogP contribution in [-0.2, 0) is 0 Å². The molecule has 0 aliphatic heterocycles. The number of hydrogen-bond donors (Lipinski definition) is 0. The normalized spacial score (nSPS) is 13.1. The van der Waals surface area contributed by atoms with Gasteiger partial charge >= 0.3 is 6.18 Å². The SMILES string of the molecule is C[Si](C)(C)C#C[C@H](CC(F)(F)F)c1ccc(C#N)cc1. The van der Waals surface area contributed by atoms with Gasteiger partial charge in [-0.15, -0.1) is 11.5 Å². The zero-order valence-electron chi connectivity index (χ0n) is 11.7. The molecular weight excluding hydrogens is 279 g/mol. The van der Waals surface area contributed by atoms with E-state index >= 15 is 0 Å². The molecule has 0 amide bonds. The van der Waals surface area contributed by atoms with Crippen molar-refractivity contribution in [3.05, 3.63) is 35.4 Å². The molecule has 0 fully saturated rings. The van der Waals surface area contributed by atoms with Crippen LogP contribution in [0.15, 0.2) is 24.3 Å². The van der Waals surface area contributed by atoms with E-state index in [4.69, 9.17) is 5.26 Å². The van der Waals surface area contributed by atoms with Crippen molar-refractivity contribution in [2.45, 2.75) is 38.2 Å². The number of hydrogen-bond acceptors (Lipinski definition) is 1. The van der Waals surface area contributed by atoms with E-state index in [1.807, 2.05) is 25.7 Å². The Kier molecular flexibility index (Phi) is 5.02. The quantitative estimate of drug-likeness (QED) is 0.583. The minimum Gasteiger partial charge on any atom is -0.192 e. The van der Waals surface area contributed by atoms with E-state index in [1.165, 1.54) is 12.1 Å². The first-order valence-corrected chi connectivity index (χ1v) is 9.70. The van der Waals surface area contributed by atoms with Crippen LogP contribution in [0.3, 0.4) is 0 Å². The fraction of sp³-hybridized carbons (Fsp3) is 0.400. The molecule has 0 spiro atoms. The van der Waals surface area contributed by atoms with Crippen LogP contribution in [0, 0.1) is 22.8 Å². The minimum atomic E-state index is -4.26. The first kappa shape index (κ1) is 16.3. The van der Waals surface area contributed by atoms with Crippen LogP contribution in [0.2, 0.25) is 19.6 Å². The summed E-state index contributed by atoms with van der Waals surface area (Å²) in [5.74, 6) is 1.91. The minimum absolute atomic E-state index is 0.428. The van der Waals surface area contributed by atoms with Crippen LogP contribution >= 0.6 is 0 Å². The highest BCUT2D eigenvalue weighted by Crippen LogP contribution is 2.31. The Morgan fingerprint density at radius 3 is 2.10 bits per heavy atom. The van der Waals surface area contributed by atoms with Crippen molar-refractivity contribution in [1.29, 1.82) is 5.26 Å². The Bertz CT molecular complexity index is 550. The number of rotatable bonds is 2. The Morgan fingerprint density at radius 2 is 1.70 bits per heavy atom. The third-order valence-electron chi connectivity index (χ3n) is 2.50. The maximum atomic E-state index is 12.6. The largest absolute Gasteiger partial charge is 0.390 e. The van der Waals surface area contributed by atoms with Gasteiger partial charge in [0.2, 0.25) is 0 Å². The first-order chi connectivity index (χ1) is 9.11. The van der Waals surface area contributed by atoms with Gasteiger partial charge in [-0.2, -0.15) is 18.4 Å². The molecule has 0 saturated heterocycles. The molecule has 0 unspecified atom stereocenters.